The maximum atomic E-state index is 13.4. The topological polar surface area (TPSA) is 291 Å². The first-order chi connectivity index (χ1) is 31.7. The molecule has 0 aliphatic carbocycles. The number of carbonyl (C=O) groups excluding carboxylic acids is 8. The lowest BCUT2D eigenvalue weighted by Gasteiger charge is -2.25. The number of esters is 1. The number of imide groups is 1. The largest absolute Gasteiger partial charge is 0.461 e. The van der Waals surface area contributed by atoms with Crippen LogP contribution in [0.15, 0.2) is 36.4 Å². The van der Waals surface area contributed by atoms with E-state index in [0.717, 1.165) is 10.5 Å². The summed E-state index contributed by atoms with van der Waals surface area (Å²) >= 11 is 0. The van der Waals surface area contributed by atoms with Crippen molar-refractivity contribution >= 4 is 53.1 Å². The minimum absolute atomic E-state index is 0.00914. The molecular formula is C44H69N7O15. The Morgan fingerprint density at radius 3 is 1.67 bits per heavy atom. The van der Waals surface area contributed by atoms with Gasteiger partial charge in [-0.2, -0.15) is 0 Å². The van der Waals surface area contributed by atoms with E-state index in [2.05, 4.69) is 26.6 Å². The van der Waals surface area contributed by atoms with Gasteiger partial charge in [-0.15, -0.1) is 0 Å². The Bertz CT molecular complexity index is 1680. The van der Waals surface area contributed by atoms with Gasteiger partial charge in [0.05, 0.1) is 85.2 Å². The van der Waals surface area contributed by atoms with Crippen molar-refractivity contribution in [3.8, 4) is 0 Å². The smallest absolute Gasteiger partial charge is 0.312 e. The molecule has 0 saturated heterocycles. The first-order valence-corrected chi connectivity index (χ1v) is 22.1. The van der Waals surface area contributed by atoms with E-state index in [1.54, 1.807) is 52.0 Å². The van der Waals surface area contributed by atoms with E-state index in [0.29, 0.717) is 78.1 Å². The Labute approximate surface area is 386 Å². The summed E-state index contributed by atoms with van der Waals surface area (Å²) in [5.41, 5.74) is 6.34. The van der Waals surface area contributed by atoms with Gasteiger partial charge in [-0.05, 0) is 36.5 Å². The van der Waals surface area contributed by atoms with Crippen LogP contribution in [-0.2, 0) is 73.3 Å². The zero-order valence-corrected chi connectivity index (χ0v) is 38.6. The summed E-state index contributed by atoms with van der Waals surface area (Å²) < 4.78 is 38.0. The maximum absolute atomic E-state index is 13.4. The van der Waals surface area contributed by atoms with Crippen molar-refractivity contribution in [1.29, 1.82) is 0 Å². The molecule has 0 unspecified atom stereocenters. The van der Waals surface area contributed by atoms with Crippen LogP contribution >= 0.6 is 0 Å². The van der Waals surface area contributed by atoms with E-state index in [1.807, 2.05) is 0 Å². The number of anilines is 1. The highest BCUT2D eigenvalue weighted by Crippen LogP contribution is 2.14. The van der Waals surface area contributed by atoms with Crippen molar-refractivity contribution in [2.24, 2.45) is 17.6 Å². The van der Waals surface area contributed by atoms with Gasteiger partial charge in [0.2, 0.25) is 23.6 Å². The molecule has 1 aromatic rings. The number of nitrogens with two attached hydrogens (primary N) is 1. The van der Waals surface area contributed by atoms with E-state index in [-0.39, 0.29) is 82.5 Å². The Balaban J connectivity index is 1.52. The third-order valence-electron chi connectivity index (χ3n) is 9.31. The second kappa shape index (κ2) is 33.9. The lowest BCUT2D eigenvalue weighted by molar-refractivity contribution is -0.148. The Kier molecular flexibility index (Phi) is 29.1. The summed E-state index contributed by atoms with van der Waals surface area (Å²) in [6.07, 6.45) is 2.86. The molecule has 1 heterocycles. The Hall–Kier alpha value is -5.52. The molecule has 0 fully saturated rings. The fourth-order valence-electron chi connectivity index (χ4n) is 5.65. The van der Waals surface area contributed by atoms with Crippen LogP contribution in [0, 0.1) is 11.8 Å². The van der Waals surface area contributed by atoms with Crippen molar-refractivity contribution < 1.29 is 71.5 Å². The zero-order valence-electron chi connectivity index (χ0n) is 38.6. The molecule has 2 rings (SSSR count). The first-order valence-electron chi connectivity index (χ1n) is 22.1. The van der Waals surface area contributed by atoms with Gasteiger partial charge in [0, 0.05) is 50.3 Å². The van der Waals surface area contributed by atoms with Gasteiger partial charge >= 0.3 is 12.0 Å². The molecule has 1 aliphatic rings. The molecule has 7 N–H and O–H groups in total. The summed E-state index contributed by atoms with van der Waals surface area (Å²) in [4.78, 5) is 98.4. The number of benzene rings is 1. The average Bonchev–Trinajstić information content (AvgIpc) is 3.60. The highest BCUT2D eigenvalue weighted by molar-refractivity contribution is 6.13. The van der Waals surface area contributed by atoms with E-state index >= 15 is 0 Å². The van der Waals surface area contributed by atoms with E-state index in [1.165, 1.54) is 12.2 Å². The van der Waals surface area contributed by atoms with E-state index in [4.69, 9.17) is 38.9 Å². The molecule has 8 amide bonds. The van der Waals surface area contributed by atoms with Gasteiger partial charge in [0.25, 0.3) is 11.8 Å². The number of rotatable bonds is 37. The number of amides is 8. The third kappa shape index (κ3) is 25.8. The van der Waals surface area contributed by atoms with Crippen LogP contribution in [0.25, 0.3) is 0 Å². The molecule has 1 aromatic carbocycles. The summed E-state index contributed by atoms with van der Waals surface area (Å²) in [6.45, 7) is 11.4. The van der Waals surface area contributed by atoms with Gasteiger partial charge < -0.3 is 65.5 Å². The van der Waals surface area contributed by atoms with E-state index in [9.17, 15) is 38.4 Å². The second-order valence-electron chi connectivity index (χ2n) is 15.4. The number of urea groups is 1. The van der Waals surface area contributed by atoms with Crippen molar-refractivity contribution in [3.05, 3.63) is 42.0 Å². The number of nitrogens with one attached hydrogen (secondary N) is 5. The fourth-order valence-corrected chi connectivity index (χ4v) is 5.65. The van der Waals surface area contributed by atoms with Crippen LogP contribution in [0.4, 0.5) is 10.5 Å². The minimum atomic E-state index is -1.01. The van der Waals surface area contributed by atoms with Crippen molar-refractivity contribution in [3.63, 3.8) is 0 Å². The molecule has 0 aromatic heterocycles. The quantitative estimate of drug-likeness (QED) is 0.0298. The van der Waals surface area contributed by atoms with Crippen LogP contribution in [0.2, 0.25) is 0 Å². The summed E-state index contributed by atoms with van der Waals surface area (Å²) in [6, 6.07) is 4.05. The van der Waals surface area contributed by atoms with Crippen LogP contribution in [0.3, 0.4) is 0 Å². The predicted molar refractivity (Wildman–Crippen MR) is 238 cm³/mol. The Morgan fingerprint density at radius 1 is 0.621 bits per heavy atom. The monoisotopic (exact) mass is 935 g/mol. The number of nitrogens with zero attached hydrogens (tertiary/aromatic N) is 1. The van der Waals surface area contributed by atoms with Gasteiger partial charge in [-0.3, -0.25) is 38.5 Å². The molecule has 1 aliphatic heterocycles. The molecule has 370 valence electrons. The SMILES string of the molecule is CC(C)C(=O)OCc1ccc(NC(=O)[C@H](CCCNC(N)=O)NC(=O)[C@@H](NC(=O)CCOCCOCCOCCOCCOCCOCCNC(=O)CCN2C(=O)C=CC2=O)C(C)C)cc1. The third-order valence-corrected chi connectivity index (χ3v) is 9.31. The van der Waals surface area contributed by atoms with Gasteiger partial charge in [0.15, 0.2) is 0 Å². The second-order valence-corrected chi connectivity index (χ2v) is 15.4. The zero-order chi connectivity index (χ0) is 48.5. The fraction of sp³-hybridized carbons (Fsp3) is 0.636. The average molecular weight is 936 g/mol. The lowest BCUT2D eigenvalue weighted by Crippen LogP contribution is -2.54. The van der Waals surface area contributed by atoms with Gasteiger partial charge in [-0.25, -0.2) is 4.79 Å². The summed E-state index contributed by atoms with van der Waals surface area (Å²) in [5.74, 6) is -3.48. The van der Waals surface area contributed by atoms with Gasteiger partial charge in [0.1, 0.15) is 18.7 Å². The van der Waals surface area contributed by atoms with Crippen molar-refractivity contribution in [2.45, 2.75) is 72.1 Å². The number of hydrogen-bond donors (Lipinski definition) is 6. The highest BCUT2D eigenvalue weighted by atomic mass is 16.6. The van der Waals surface area contributed by atoms with E-state index < -0.39 is 47.7 Å². The normalized spacial score (nSPS) is 13.2. The van der Waals surface area contributed by atoms with Crippen LogP contribution in [0.5, 0.6) is 0 Å². The molecule has 0 saturated carbocycles. The highest BCUT2D eigenvalue weighted by Gasteiger charge is 2.29. The first kappa shape index (κ1) is 56.6. The van der Waals surface area contributed by atoms with Crippen LogP contribution in [0.1, 0.15) is 58.9 Å². The molecule has 2 atom stereocenters. The van der Waals surface area contributed by atoms with Crippen LogP contribution < -0.4 is 32.3 Å². The van der Waals surface area contributed by atoms with Crippen molar-refractivity contribution in [1.82, 2.24) is 26.2 Å². The lowest BCUT2D eigenvalue weighted by atomic mass is 10.0. The predicted octanol–water partition coefficient (Wildman–Crippen LogP) is 0.319. The number of hydrogen-bond acceptors (Lipinski definition) is 15. The number of primary amides is 1. The molecule has 0 spiro atoms. The summed E-state index contributed by atoms with van der Waals surface area (Å²) in [7, 11) is 0. The standard InChI is InChI=1S/C44H69N7O15/c1-31(2)40(42(57)49-35(6-5-15-47-44(45)59)41(56)48-34-9-7-33(8-10-34)30-66-43(58)32(3)4)50-37(53)14-18-60-20-22-62-24-26-64-28-29-65-27-25-63-23-21-61-19-16-46-36(52)13-17-51-38(54)11-12-39(51)55/h7-12,31-32,35,40H,5-6,13-30H2,1-4H3,(H,46,52)(H,48,56)(H,49,57)(H,50,53)(H3,45,47,59)/t35-,40-/m0/s1. The van der Waals surface area contributed by atoms with Gasteiger partial charge in [-0.1, -0.05) is 39.8 Å². The number of ether oxygens (including phenoxy) is 7. The maximum Gasteiger partial charge on any atom is 0.312 e. The molecule has 22 heteroatoms. The molecular weight excluding hydrogens is 867 g/mol. The summed E-state index contributed by atoms with van der Waals surface area (Å²) in [5, 5.41) is 13.4. The van der Waals surface area contributed by atoms with Crippen molar-refractivity contribution in [2.75, 3.05) is 104 Å². The number of carbonyl (C=O) groups is 8. The molecule has 22 nitrogen and oxygen atoms in total. The Morgan fingerprint density at radius 2 is 1.15 bits per heavy atom. The molecule has 0 radical (unpaired) electrons. The minimum Gasteiger partial charge on any atom is -0.461 e. The molecule has 66 heavy (non-hydrogen) atoms. The van der Waals surface area contributed by atoms with Crippen LogP contribution in [-0.4, -0.2) is 163 Å². The molecule has 0 bridgehead atoms.